The zero-order chi connectivity index (χ0) is 10.7. The van der Waals surface area contributed by atoms with E-state index in [2.05, 4.69) is 9.72 Å². The van der Waals surface area contributed by atoms with Crippen molar-refractivity contribution in [3.8, 4) is 5.75 Å². The highest BCUT2D eigenvalue weighted by atomic mass is 16.6. The van der Waals surface area contributed by atoms with E-state index in [-0.39, 0.29) is 5.75 Å². The SMILES string of the molecule is COc1cc(C(=O)O)nc([N+](=O)[O-])c1. The number of hydrogen-bond donors (Lipinski definition) is 1. The molecule has 0 aliphatic rings. The lowest BCUT2D eigenvalue weighted by atomic mass is 10.3. The number of hydrogen-bond acceptors (Lipinski definition) is 5. The first-order valence-electron chi connectivity index (χ1n) is 3.48. The molecule has 1 aromatic rings. The van der Waals surface area contributed by atoms with Crippen molar-refractivity contribution in [2.24, 2.45) is 0 Å². The molecular formula is C7H6N2O5. The average molecular weight is 198 g/mol. The van der Waals surface area contributed by atoms with Crippen LogP contribution in [0.5, 0.6) is 5.75 Å². The zero-order valence-corrected chi connectivity index (χ0v) is 7.13. The van der Waals surface area contributed by atoms with Crippen LogP contribution in [-0.4, -0.2) is 28.1 Å². The van der Waals surface area contributed by atoms with Gasteiger partial charge in [-0.15, -0.1) is 0 Å². The fourth-order valence-corrected chi connectivity index (χ4v) is 0.813. The van der Waals surface area contributed by atoms with Gasteiger partial charge in [0.1, 0.15) is 5.75 Å². The lowest BCUT2D eigenvalue weighted by Crippen LogP contribution is -2.03. The van der Waals surface area contributed by atoms with Gasteiger partial charge in [0.05, 0.1) is 13.2 Å². The second-order valence-electron chi connectivity index (χ2n) is 2.31. The molecule has 1 N–H and O–H groups in total. The number of nitro groups is 1. The second-order valence-corrected chi connectivity index (χ2v) is 2.31. The number of carbonyl (C=O) groups is 1. The minimum atomic E-state index is -1.34. The molecule has 0 radical (unpaired) electrons. The summed E-state index contributed by atoms with van der Waals surface area (Å²) in [4.78, 5) is 23.4. The molecule has 7 nitrogen and oxygen atoms in total. The standard InChI is InChI=1S/C7H6N2O5/c1-14-4-2-5(7(10)11)8-6(3-4)9(12)13/h2-3H,1H3,(H,10,11). The number of rotatable bonds is 3. The third-order valence-electron chi connectivity index (χ3n) is 1.43. The van der Waals surface area contributed by atoms with Crippen LogP contribution in [0.1, 0.15) is 10.5 Å². The van der Waals surface area contributed by atoms with Crippen LogP contribution in [0.3, 0.4) is 0 Å². The van der Waals surface area contributed by atoms with Crippen molar-refractivity contribution in [2.75, 3.05) is 7.11 Å². The Balaban J connectivity index is 3.27. The van der Waals surface area contributed by atoms with Gasteiger partial charge < -0.3 is 20.0 Å². The number of nitrogens with zero attached hydrogens (tertiary/aromatic N) is 2. The molecule has 0 saturated carbocycles. The summed E-state index contributed by atoms with van der Waals surface area (Å²) >= 11 is 0. The molecule has 0 atom stereocenters. The van der Waals surface area contributed by atoms with E-state index in [4.69, 9.17) is 5.11 Å². The van der Waals surface area contributed by atoms with E-state index in [1.807, 2.05) is 0 Å². The Morgan fingerprint density at radius 1 is 1.64 bits per heavy atom. The largest absolute Gasteiger partial charge is 0.496 e. The number of pyridine rings is 1. The van der Waals surface area contributed by atoms with Crippen LogP contribution >= 0.6 is 0 Å². The normalized spacial score (nSPS) is 9.50. The average Bonchev–Trinajstić information content (AvgIpc) is 2.16. The van der Waals surface area contributed by atoms with Gasteiger partial charge in [-0.05, 0) is 9.91 Å². The van der Waals surface area contributed by atoms with Gasteiger partial charge in [-0.1, -0.05) is 0 Å². The molecule has 0 saturated heterocycles. The topological polar surface area (TPSA) is 103 Å². The highest BCUT2D eigenvalue weighted by molar-refractivity contribution is 5.86. The monoisotopic (exact) mass is 198 g/mol. The summed E-state index contributed by atoms with van der Waals surface area (Å²) in [6, 6.07) is 2.15. The molecule has 0 aliphatic heterocycles. The van der Waals surface area contributed by atoms with Crippen LogP contribution in [0.25, 0.3) is 0 Å². The third-order valence-corrected chi connectivity index (χ3v) is 1.43. The lowest BCUT2D eigenvalue weighted by Gasteiger charge is -1.98. The Bertz CT molecular complexity index is 357. The first kappa shape index (κ1) is 9.90. The highest BCUT2D eigenvalue weighted by Gasteiger charge is 2.18. The van der Waals surface area contributed by atoms with Gasteiger partial charge in [0.15, 0.2) is 0 Å². The number of methoxy groups -OCH3 is 1. The Hall–Kier alpha value is -2.18. The predicted octanol–water partition coefficient (Wildman–Crippen LogP) is 0.697. The van der Waals surface area contributed by atoms with Crippen LogP contribution in [0.2, 0.25) is 0 Å². The van der Waals surface area contributed by atoms with E-state index in [1.54, 1.807) is 0 Å². The van der Waals surface area contributed by atoms with E-state index in [0.29, 0.717) is 0 Å². The van der Waals surface area contributed by atoms with E-state index < -0.39 is 22.4 Å². The molecule has 0 fully saturated rings. The predicted molar refractivity (Wildman–Crippen MR) is 44.4 cm³/mol. The van der Waals surface area contributed by atoms with Gasteiger partial charge in [-0.2, -0.15) is 0 Å². The summed E-state index contributed by atoms with van der Waals surface area (Å²) < 4.78 is 4.69. The van der Waals surface area contributed by atoms with Gasteiger partial charge in [0.25, 0.3) is 5.69 Å². The summed E-state index contributed by atoms with van der Waals surface area (Å²) in [5, 5.41) is 18.9. The van der Waals surface area contributed by atoms with Crippen molar-refractivity contribution in [3.05, 3.63) is 27.9 Å². The van der Waals surface area contributed by atoms with Crippen molar-refractivity contribution in [2.45, 2.75) is 0 Å². The first-order chi connectivity index (χ1) is 6.54. The summed E-state index contributed by atoms with van der Waals surface area (Å²) in [7, 11) is 1.28. The van der Waals surface area contributed by atoms with Crippen LogP contribution in [0, 0.1) is 10.1 Å². The minimum absolute atomic E-state index is 0.0871. The van der Waals surface area contributed by atoms with E-state index in [9.17, 15) is 14.9 Å². The van der Waals surface area contributed by atoms with Gasteiger partial charge in [0.2, 0.25) is 0 Å². The van der Waals surface area contributed by atoms with Crippen molar-refractivity contribution < 1.29 is 19.6 Å². The molecule has 14 heavy (non-hydrogen) atoms. The van der Waals surface area contributed by atoms with Gasteiger partial charge in [-0.25, -0.2) is 4.79 Å². The third kappa shape index (κ3) is 1.94. The summed E-state index contributed by atoms with van der Waals surface area (Å²) in [5.74, 6) is -1.81. The van der Waals surface area contributed by atoms with Crippen LogP contribution in [0.15, 0.2) is 12.1 Å². The molecule has 1 aromatic heterocycles. The molecule has 0 spiro atoms. The van der Waals surface area contributed by atoms with Crippen LogP contribution in [-0.2, 0) is 0 Å². The summed E-state index contributed by atoms with van der Waals surface area (Å²) in [5.41, 5.74) is -0.420. The van der Waals surface area contributed by atoms with Crippen molar-refractivity contribution in [1.29, 1.82) is 0 Å². The Morgan fingerprint density at radius 3 is 2.71 bits per heavy atom. The number of carboxylic acids is 1. The Labute approximate surface area is 78.1 Å². The maximum Gasteiger partial charge on any atom is 0.380 e. The van der Waals surface area contributed by atoms with Crippen LogP contribution in [0.4, 0.5) is 5.82 Å². The Kier molecular flexibility index (Phi) is 2.61. The van der Waals surface area contributed by atoms with Gasteiger partial charge >= 0.3 is 11.8 Å². The Morgan fingerprint density at radius 2 is 2.29 bits per heavy atom. The molecular weight excluding hydrogens is 192 g/mol. The first-order valence-corrected chi connectivity index (χ1v) is 3.48. The molecule has 7 heteroatoms. The van der Waals surface area contributed by atoms with E-state index >= 15 is 0 Å². The number of ether oxygens (including phenoxy) is 1. The summed E-state index contributed by atoms with van der Waals surface area (Å²) in [6.07, 6.45) is 0. The number of aromatic nitrogens is 1. The second kappa shape index (κ2) is 3.69. The fraction of sp³-hybridized carbons (Fsp3) is 0.143. The lowest BCUT2D eigenvalue weighted by molar-refractivity contribution is -0.389. The fourth-order valence-electron chi connectivity index (χ4n) is 0.813. The quantitative estimate of drug-likeness (QED) is 0.566. The van der Waals surface area contributed by atoms with Gasteiger partial charge in [-0.3, -0.25) is 0 Å². The van der Waals surface area contributed by atoms with Gasteiger partial charge in [0, 0.05) is 6.07 Å². The van der Waals surface area contributed by atoms with Crippen molar-refractivity contribution in [3.63, 3.8) is 0 Å². The molecule has 0 amide bonds. The number of carboxylic acid groups (broad SMARTS) is 1. The molecule has 0 bridgehead atoms. The molecule has 0 unspecified atom stereocenters. The van der Waals surface area contributed by atoms with Crippen molar-refractivity contribution >= 4 is 11.8 Å². The maximum atomic E-state index is 10.5. The molecule has 1 rings (SSSR count). The number of aromatic carboxylic acids is 1. The minimum Gasteiger partial charge on any atom is -0.496 e. The highest BCUT2D eigenvalue weighted by Crippen LogP contribution is 2.18. The molecule has 1 heterocycles. The van der Waals surface area contributed by atoms with E-state index in [1.165, 1.54) is 7.11 Å². The summed E-state index contributed by atoms with van der Waals surface area (Å²) in [6.45, 7) is 0. The molecule has 0 aromatic carbocycles. The smallest absolute Gasteiger partial charge is 0.380 e. The zero-order valence-electron chi connectivity index (χ0n) is 7.13. The molecule has 74 valence electrons. The van der Waals surface area contributed by atoms with Crippen molar-refractivity contribution in [1.82, 2.24) is 4.98 Å². The maximum absolute atomic E-state index is 10.5. The van der Waals surface area contributed by atoms with E-state index in [0.717, 1.165) is 12.1 Å². The van der Waals surface area contributed by atoms with Crippen LogP contribution < -0.4 is 4.74 Å². The molecule has 0 aliphatic carbocycles.